The summed E-state index contributed by atoms with van der Waals surface area (Å²) < 4.78 is 20.4. The Labute approximate surface area is 431 Å². The molecule has 7 aromatic rings. The summed E-state index contributed by atoms with van der Waals surface area (Å²) in [7, 11) is 0. The number of phenols is 1. The van der Waals surface area contributed by atoms with E-state index in [1.165, 1.54) is 49.2 Å². The Hall–Kier alpha value is -9.08. The summed E-state index contributed by atoms with van der Waals surface area (Å²) >= 11 is 0. The number of phenolic OH excluding ortho intramolecular Hbond substituents is 1. The molecule has 1 saturated carbocycles. The molecule has 2 aliphatic carbocycles. The van der Waals surface area contributed by atoms with E-state index in [0.717, 1.165) is 49.5 Å². The minimum atomic E-state index is -1.22. The Bertz CT molecular complexity index is 3590. The number of carboxylic acid groups (broad SMARTS) is 1. The minimum Gasteiger partial charge on any atom is -0.508 e. The zero-order valence-corrected chi connectivity index (χ0v) is 40.8. The van der Waals surface area contributed by atoms with Crippen LogP contribution in [0.2, 0.25) is 0 Å². The van der Waals surface area contributed by atoms with Crippen molar-refractivity contribution in [3.63, 3.8) is 0 Å². The molecule has 376 valence electrons. The van der Waals surface area contributed by atoms with Gasteiger partial charge in [0.15, 0.2) is 11.1 Å². The van der Waals surface area contributed by atoms with Crippen LogP contribution in [0.1, 0.15) is 73.6 Å². The Morgan fingerprint density at radius 3 is 2.15 bits per heavy atom. The van der Waals surface area contributed by atoms with E-state index < -0.39 is 11.9 Å². The lowest BCUT2D eigenvalue weighted by molar-refractivity contribution is 0.0696. The van der Waals surface area contributed by atoms with Gasteiger partial charge in [-0.1, -0.05) is 96.2 Å². The Morgan fingerprint density at radius 2 is 1.43 bits per heavy atom. The van der Waals surface area contributed by atoms with E-state index in [-0.39, 0.29) is 64.4 Å². The van der Waals surface area contributed by atoms with Crippen molar-refractivity contribution in [1.29, 1.82) is 0 Å². The van der Waals surface area contributed by atoms with Gasteiger partial charge in [-0.05, 0) is 102 Å². The summed E-state index contributed by atoms with van der Waals surface area (Å²) in [4.78, 5) is 56.1. The number of aromatic hydroxyl groups is 1. The van der Waals surface area contributed by atoms with Gasteiger partial charge in [0.1, 0.15) is 53.2 Å². The van der Waals surface area contributed by atoms with Crippen molar-refractivity contribution in [3.05, 3.63) is 201 Å². The van der Waals surface area contributed by atoms with Gasteiger partial charge in [0, 0.05) is 78.1 Å². The molecular formula is C60H52N6O9. The van der Waals surface area contributed by atoms with Crippen LogP contribution >= 0.6 is 0 Å². The average Bonchev–Trinajstić information content (AvgIpc) is 4.15. The molecule has 0 spiro atoms. The smallest absolute Gasteiger partial charge is 0.335 e. The van der Waals surface area contributed by atoms with E-state index in [1.807, 2.05) is 103 Å². The number of aromatic nitrogens is 3. The molecule has 6 aromatic carbocycles. The summed E-state index contributed by atoms with van der Waals surface area (Å²) in [5.41, 5.74) is 5.72. The van der Waals surface area contributed by atoms with Crippen LogP contribution in [-0.2, 0) is 19.8 Å². The second-order valence-electron chi connectivity index (χ2n) is 19.1. The van der Waals surface area contributed by atoms with Crippen LogP contribution in [0.25, 0.3) is 50.4 Å². The van der Waals surface area contributed by atoms with E-state index in [4.69, 9.17) is 13.9 Å². The number of carboxylic acids is 1. The van der Waals surface area contributed by atoms with Crippen LogP contribution in [0.4, 0.5) is 0 Å². The molecule has 15 heteroatoms. The molecule has 0 bridgehead atoms. The van der Waals surface area contributed by atoms with Crippen molar-refractivity contribution in [3.8, 4) is 56.6 Å². The summed E-state index contributed by atoms with van der Waals surface area (Å²) in [6.45, 7) is 3.57. The number of ether oxygens (including phenoxy) is 2. The summed E-state index contributed by atoms with van der Waals surface area (Å²) in [5, 5.41) is 36.3. The van der Waals surface area contributed by atoms with Gasteiger partial charge in [0.25, 0.3) is 11.8 Å². The number of piperidine rings is 1. The predicted molar refractivity (Wildman–Crippen MR) is 282 cm³/mol. The highest BCUT2D eigenvalue weighted by Crippen LogP contribution is 2.42. The number of nitrogens with one attached hydrogen (secondary N) is 2. The Kier molecular flexibility index (Phi) is 13.6. The molecule has 2 amide bonds. The van der Waals surface area contributed by atoms with Crippen LogP contribution in [0.5, 0.6) is 17.2 Å². The topological polar surface area (TPSA) is 198 Å². The monoisotopic (exact) mass is 1000 g/mol. The first kappa shape index (κ1) is 48.2. The maximum Gasteiger partial charge on any atom is 0.335 e. The molecule has 1 aromatic heterocycles. The zero-order valence-electron chi connectivity index (χ0n) is 40.8. The molecule has 2 fully saturated rings. The van der Waals surface area contributed by atoms with Gasteiger partial charge in [-0.3, -0.25) is 14.4 Å². The maximum atomic E-state index is 14.4. The zero-order chi connectivity index (χ0) is 51.4. The lowest BCUT2D eigenvalue weighted by Crippen LogP contribution is -2.45. The van der Waals surface area contributed by atoms with Crippen LogP contribution in [0.15, 0.2) is 167 Å². The highest BCUT2D eigenvalue weighted by molar-refractivity contribution is 6.10. The van der Waals surface area contributed by atoms with E-state index in [9.17, 15) is 29.4 Å². The molecule has 75 heavy (non-hydrogen) atoms. The average molecular weight is 1000 g/mol. The normalized spacial score (nSPS) is 13.9. The first-order valence-corrected chi connectivity index (χ1v) is 25.0. The summed E-state index contributed by atoms with van der Waals surface area (Å²) in [6.07, 6.45) is 4.24. The lowest BCUT2D eigenvalue weighted by atomic mass is 9.89. The van der Waals surface area contributed by atoms with E-state index in [0.29, 0.717) is 62.7 Å². The van der Waals surface area contributed by atoms with Gasteiger partial charge in [-0.25, -0.2) is 9.48 Å². The molecule has 11 rings (SSSR count). The van der Waals surface area contributed by atoms with Gasteiger partial charge in [0.2, 0.25) is 0 Å². The molecule has 0 radical (unpaired) electrons. The van der Waals surface area contributed by atoms with Crippen molar-refractivity contribution in [1.82, 2.24) is 30.5 Å². The first-order valence-electron chi connectivity index (χ1n) is 25.0. The predicted octanol–water partition coefficient (Wildman–Crippen LogP) is 9.91. The lowest BCUT2D eigenvalue weighted by Gasteiger charge is -2.32. The molecule has 4 aliphatic rings. The number of rotatable bonds is 17. The van der Waals surface area contributed by atoms with Crippen LogP contribution < -0.4 is 25.5 Å². The molecule has 0 unspecified atom stereocenters. The SMILES string of the molecule is O=C(O)c1ccc(-c2c3ccc(=O)cc-3oc3cc(O)ccc23)c(C(=O)NCc2ccc(-c3c(C(=O)NC4CCN(CC5CC5)CC4)nnn3-c3ccc(OCc4ccccc4)cc3OCc3ccccc3)cc2)c1. The highest BCUT2D eigenvalue weighted by Gasteiger charge is 2.31. The molecule has 15 nitrogen and oxygen atoms in total. The van der Waals surface area contributed by atoms with Gasteiger partial charge in [-0.2, -0.15) is 0 Å². The van der Waals surface area contributed by atoms with Crippen LogP contribution in [0, 0.1) is 5.92 Å². The third-order valence-corrected chi connectivity index (χ3v) is 13.8. The third kappa shape index (κ3) is 10.8. The number of carbonyl (C=O) groups is 3. The number of aromatic carboxylic acids is 1. The molecule has 0 atom stereocenters. The fraction of sp³-hybridized carbons (Fsp3) is 0.200. The van der Waals surface area contributed by atoms with Crippen molar-refractivity contribution in [2.24, 2.45) is 5.92 Å². The van der Waals surface area contributed by atoms with Crippen molar-refractivity contribution < 1.29 is 38.5 Å². The fourth-order valence-electron chi connectivity index (χ4n) is 9.68. The number of carbonyl (C=O) groups excluding carboxylic acids is 2. The maximum absolute atomic E-state index is 14.4. The molecular weight excluding hydrogens is 949 g/mol. The number of hydrogen-bond acceptors (Lipinski definition) is 11. The van der Waals surface area contributed by atoms with Gasteiger partial charge in [-0.15, -0.1) is 5.10 Å². The number of nitrogens with zero attached hydrogens (tertiary/aromatic N) is 4. The number of amides is 2. The first-order chi connectivity index (χ1) is 36.6. The van der Waals surface area contributed by atoms with Crippen molar-refractivity contribution in [2.45, 2.75) is 51.5 Å². The van der Waals surface area contributed by atoms with Crippen molar-refractivity contribution in [2.75, 3.05) is 19.6 Å². The summed E-state index contributed by atoms with van der Waals surface area (Å²) in [6, 6.07) is 45.6. The molecule has 1 saturated heterocycles. The summed E-state index contributed by atoms with van der Waals surface area (Å²) in [5.74, 6) is -0.140. The fourth-order valence-corrected chi connectivity index (χ4v) is 9.68. The second-order valence-corrected chi connectivity index (χ2v) is 19.1. The minimum absolute atomic E-state index is 0.0344. The molecule has 2 aliphatic heterocycles. The van der Waals surface area contributed by atoms with Gasteiger partial charge < -0.3 is 39.6 Å². The van der Waals surface area contributed by atoms with Gasteiger partial charge >= 0.3 is 5.97 Å². The molecule has 4 N–H and O–H groups in total. The number of likely N-dealkylation sites (tertiary alicyclic amines) is 1. The van der Waals surface area contributed by atoms with Crippen molar-refractivity contribution >= 4 is 28.8 Å². The van der Waals surface area contributed by atoms with E-state index in [2.05, 4.69) is 25.8 Å². The van der Waals surface area contributed by atoms with Gasteiger partial charge in [0.05, 0.1) is 5.56 Å². The van der Waals surface area contributed by atoms with E-state index in [1.54, 1.807) is 22.9 Å². The number of hydrogen-bond donors (Lipinski definition) is 4. The molecule has 3 heterocycles. The number of benzene rings is 7. The third-order valence-electron chi connectivity index (χ3n) is 13.8. The standard InChI is InChI=1S/C60H52N6O9/c67-44-18-22-48-52(30-44)75-53-31-45(68)19-23-49(53)55(48)47-21-17-42(60(71)72)29-50(47)58(69)61-33-37-13-15-41(16-14-37)57-56(59(70)62-43-25-27-65(28-26-43)34-38-11-12-38)63-64-66(57)51-24-20-46(73-35-39-7-3-1-4-8-39)32-54(51)74-36-40-9-5-2-6-10-40/h1-10,13-24,29-32,38,43,67H,11-12,25-28,33-36H2,(H,61,69)(H,62,70)(H,71,72). The second kappa shape index (κ2) is 21.2. The van der Waals surface area contributed by atoms with Crippen LogP contribution in [-0.4, -0.2) is 73.6 Å². The number of fused-ring (bicyclic) bond motifs is 2. The highest BCUT2D eigenvalue weighted by atomic mass is 16.5. The largest absolute Gasteiger partial charge is 0.508 e. The van der Waals surface area contributed by atoms with E-state index >= 15 is 0 Å². The Balaban J connectivity index is 0.910. The van der Waals surface area contributed by atoms with Crippen LogP contribution in [0.3, 0.4) is 0 Å². The quantitative estimate of drug-likeness (QED) is 0.0631. The Morgan fingerprint density at radius 1 is 0.707 bits per heavy atom.